The zero-order valence-electron chi connectivity index (χ0n) is 11.9. The molecule has 0 N–H and O–H groups in total. The van der Waals surface area contributed by atoms with E-state index < -0.39 is 0 Å². The van der Waals surface area contributed by atoms with Gasteiger partial charge in [0.05, 0.1) is 0 Å². The molecule has 0 radical (unpaired) electrons. The number of rotatable bonds is 4. The SMILES string of the molecule is CC(C)CC(=O)N1CCc2cc(CC(C)Cl)ccc21. The van der Waals surface area contributed by atoms with Crippen molar-refractivity contribution in [2.75, 3.05) is 11.4 Å². The molecule has 3 heteroatoms. The van der Waals surface area contributed by atoms with Gasteiger partial charge in [-0.15, -0.1) is 11.6 Å². The summed E-state index contributed by atoms with van der Waals surface area (Å²) in [7, 11) is 0. The number of carbonyl (C=O) groups excluding carboxylic acids is 1. The molecule has 1 aromatic rings. The van der Waals surface area contributed by atoms with Crippen LogP contribution in [0.15, 0.2) is 18.2 Å². The van der Waals surface area contributed by atoms with Gasteiger partial charge in [0.15, 0.2) is 0 Å². The maximum atomic E-state index is 12.2. The summed E-state index contributed by atoms with van der Waals surface area (Å²) in [4.78, 5) is 14.1. The number of hydrogen-bond acceptors (Lipinski definition) is 1. The fourth-order valence-corrected chi connectivity index (χ4v) is 2.80. The summed E-state index contributed by atoms with van der Waals surface area (Å²) in [5, 5.41) is 0.151. The zero-order valence-corrected chi connectivity index (χ0v) is 12.7. The summed E-state index contributed by atoms with van der Waals surface area (Å²) in [5.41, 5.74) is 3.64. The molecule has 1 unspecified atom stereocenters. The highest BCUT2D eigenvalue weighted by atomic mass is 35.5. The van der Waals surface area contributed by atoms with Crippen LogP contribution in [0.25, 0.3) is 0 Å². The molecule has 104 valence electrons. The van der Waals surface area contributed by atoms with E-state index in [1.807, 2.05) is 11.8 Å². The third-order valence-electron chi connectivity index (χ3n) is 3.44. The Morgan fingerprint density at radius 1 is 1.37 bits per heavy atom. The molecule has 0 saturated heterocycles. The average Bonchev–Trinajstić information content (AvgIpc) is 2.70. The molecule has 0 spiro atoms. The Kier molecular flexibility index (Phi) is 4.51. The van der Waals surface area contributed by atoms with Gasteiger partial charge < -0.3 is 4.90 Å². The largest absolute Gasteiger partial charge is 0.312 e. The molecule has 19 heavy (non-hydrogen) atoms. The van der Waals surface area contributed by atoms with Gasteiger partial charge in [-0.2, -0.15) is 0 Å². The fourth-order valence-electron chi connectivity index (χ4n) is 2.63. The molecule has 1 aliphatic rings. The predicted molar refractivity (Wildman–Crippen MR) is 81.0 cm³/mol. The van der Waals surface area contributed by atoms with Crippen LogP contribution in [0.2, 0.25) is 0 Å². The summed E-state index contributed by atoms with van der Waals surface area (Å²) in [5.74, 6) is 0.653. The van der Waals surface area contributed by atoms with Crippen LogP contribution in [-0.2, 0) is 17.6 Å². The van der Waals surface area contributed by atoms with E-state index in [1.54, 1.807) is 0 Å². The topological polar surface area (TPSA) is 20.3 Å². The first-order chi connectivity index (χ1) is 8.97. The minimum atomic E-state index is 0.151. The highest BCUT2D eigenvalue weighted by Crippen LogP contribution is 2.30. The minimum Gasteiger partial charge on any atom is -0.312 e. The Labute approximate surface area is 120 Å². The van der Waals surface area contributed by atoms with Gasteiger partial charge in [0.1, 0.15) is 0 Å². The number of hydrogen-bond donors (Lipinski definition) is 0. The van der Waals surface area contributed by atoms with Crippen LogP contribution in [0.4, 0.5) is 5.69 Å². The molecule has 0 bridgehead atoms. The molecule has 1 atom stereocenters. The molecular weight excluding hydrogens is 258 g/mol. The van der Waals surface area contributed by atoms with E-state index in [-0.39, 0.29) is 11.3 Å². The molecule has 0 fully saturated rings. The van der Waals surface area contributed by atoms with Crippen LogP contribution in [0.1, 0.15) is 38.3 Å². The number of anilines is 1. The van der Waals surface area contributed by atoms with Crippen molar-refractivity contribution in [1.29, 1.82) is 0 Å². The number of amides is 1. The van der Waals surface area contributed by atoms with E-state index in [1.165, 1.54) is 11.1 Å². The maximum Gasteiger partial charge on any atom is 0.227 e. The normalized spacial score (nSPS) is 15.7. The number of nitrogens with zero attached hydrogens (tertiary/aromatic N) is 1. The van der Waals surface area contributed by atoms with Crippen LogP contribution in [0.3, 0.4) is 0 Å². The first-order valence-corrected chi connectivity index (χ1v) is 7.47. The molecule has 0 aliphatic carbocycles. The van der Waals surface area contributed by atoms with Gasteiger partial charge in [-0.3, -0.25) is 4.79 Å². The van der Waals surface area contributed by atoms with E-state index in [0.717, 1.165) is 25.1 Å². The number of benzene rings is 1. The lowest BCUT2D eigenvalue weighted by molar-refractivity contribution is -0.119. The second-order valence-corrected chi connectivity index (χ2v) is 6.59. The minimum absolute atomic E-state index is 0.151. The van der Waals surface area contributed by atoms with Crippen LogP contribution < -0.4 is 4.90 Å². The Hall–Kier alpha value is -1.02. The van der Waals surface area contributed by atoms with Crippen molar-refractivity contribution in [2.45, 2.75) is 45.4 Å². The molecule has 0 saturated carbocycles. The molecule has 0 aromatic heterocycles. The highest BCUT2D eigenvalue weighted by Gasteiger charge is 2.24. The number of carbonyl (C=O) groups is 1. The van der Waals surface area contributed by atoms with Crippen LogP contribution >= 0.6 is 11.6 Å². The summed E-state index contributed by atoms with van der Waals surface area (Å²) < 4.78 is 0. The first kappa shape index (κ1) is 14.4. The lowest BCUT2D eigenvalue weighted by Gasteiger charge is -2.18. The van der Waals surface area contributed by atoms with Crippen molar-refractivity contribution in [1.82, 2.24) is 0 Å². The summed E-state index contributed by atoms with van der Waals surface area (Å²) >= 11 is 6.04. The quantitative estimate of drug-likeness (QED) is 0.768. The third kappa shape index (κ3) is 3.50. The summed E-state index contributed by atoms with van der Waals surface area (Å²) in [6, 6.07) is 6.38. The van der Waals surface area contributed by atoms with Crippen LogP contribution in [0.5, 0.6) is 0 Å². The van der Waals surface area contributed by atoms with Crippen molar-refractivity contribution in [3.8, 4) is 0 Å². The predicted octanol–water partition coefficient (Wildman–Crippen LogP) is 3.79. The third-order valence-corrected chi connectivity index (χ3v) is 3.59. The van der Waals surface area contributed by atoms with Gasteiger partial charge in [-0.25, -0.2) is 0 Å². The Morgan fingerprint density at radius 2 is 2.11 bits per heavy atom. The van der Waals surface area contributed by atoms with Crippen LogP contribution in [-0.4, -0.2) is 17.8 Å². The van der Waals surface area contributed by atoms with Crippen molar-refractivity contribution >= 4 is 23.2 Å². The van der Waals surface area contributed by atoms with E-state index in [2.05, 4.69) is 32.0 Å². The van der Waals surface area contributed by atoms with E-state index in [9.17, 15) is 4.79 Å². The first-order valence-electron chi connectivity index (χ1n) is 7.03. The van der Waals surface area contributed by atoms with Gasteiger partial charge in [0.2, 0.25) is 5.91 Å². The summed E-state index contributed by atoms with van der Waals surface area (Å²) in [6.07, 6.45) is 2.47. The Bertz CT molecular complexity index is 468. The molecule has 2 rings (SSSR count). The van der Waals surface area contributed by atoms with Gasteiger partial charge in [0.25, 0.3) is 0 Å². The Balaban J connectivity index is 2.15. The van der Waals surface area contributed by atoms with Gasteiger partial charge in [-0.1, -0.05) is 26.0 Å². The zero-order chi connectivity index (χ0) is 14.0. The number of alkyl halides is 1. The Morgan fingerprint density at radius 3 is 2.74 bits per heavy atom. The van der Waals surface area contributed by atoms with E-state index in [4.69, 9.17) is 11.6 Å². The monoisotopic (exact) mass is 279 g/mol. The van der Waals surface area contributed by atoms with Crippen molar-refractivity contribution < 1.29 is 4.79 Å². The fraction of sp³-hybridized carbons (Fsp3) is 0.562. The average molecular weight is 280 g/mol. The van der Waals surface area contributed by atoms with E-state index >= 15 is 0 Å². The maximum absolute atomic E-state index is 12.2. The second kappa shape index (κ2) is 5.96. The van der Waals surface area contributed by atoms with Gasteiger partial charge in [0, 0.05) is 24.0 Å². The molecule has 1 aromatic carbocycles. The van der Waals surface area contributed by atoms with E-state index in [0.29, 0.717) is 12.3 Å². The molecule has 1 amide bonds. The van der Waals surface area contributed by atoms with Gasteiger partial charge in [-0.05, 0) is 42.9 Å². The molecular formula is C16H22ClNO. The van der Waals surface area contributed by atoms with Crippen molar-refractivity contribution in [3.63, 3.8) is 0 Å². The summed E-state index contributed by atoms with van der Waals surface area (Å²) in [6.45, 7) is 6.99. The van der Waals surface area contributed by atoms with Crippen molar-refractivity contribution in [3.05, 3.63) is 29.3 Å². The second-order valence-electron chi connectivity index (χ2n) is 5.84. The lowest BCUT2D eigenvalue weighted by Crippen LogP contribution is -2.29. The smallest absolute Gasteiger partial charge is 0.227 e. The number of halogens is 1. The lowest BCUT2D eigenvalue weighted by atomic mass is 10.0. The van der Waals surface area contributed by atoms with Gasteiger partial charge >= 0.3 is 0 Å². The van der Waals surface area contributed by atoms with Crippen molar-refractivity contribution in [2.24, 2.45) is 5.92 Å². The van der Waals surface area contributed by atoms with Crippen LogP contribution in [0, 0.1) is 5.92 Å². The highest BCUT2D eigenvalue weighted by molar-refractivity contribution is 6.20. The molecule has 1 aliphatic heterocycles. The molecule has 2 nitrogen and oxygen atoms in total. The standard InChI is InChI=1S/C16H22ClNO/c1-11(2)8-16(19)18-7-6-14-10-13(9-12(3)17)4-5-15(14)18/h4-5,10-12H,6-9H2,1-3H3. The number of fused-ring (bicyclic) bond motifs is 1. The molecule has 1 heterocycles.